The summed E-state index contributed by atoms with van der Waals surface area (Å²) in [5.74, 6) is 0. The monoisotopic (exact) mass is 130 g/mol. The molecule has 0 bridgehead atoms. The fraction of sp³-hybridized carbons (Fsp3) is 0.667. The van der Waals surface area contributed by atoms with Gasteiger partial charge in [0.15, 0.2) is 0 Å². The molecule has 0 N–H and O–H groups in total. The smallest absolute Gasteiger partial charge is 0.0891 e. The van der Waals surface area contributed by atoms with Crippen LogP contribution in [0.25, 0.3) is 0 Å². The first-order chi connectivity index (χ1) is 3.89. The van der Waals surface area contributed by atoms with Crippen molar-refractivity contribution in [2.45, 2.75) is 18.6 Å². The first-order valence-electron chi connectivity index (χ1n) is 2.81. The summed E-state index contributed by atoms with van der Waals surface area (Å²) in [4.78, 5) is 0. The van der Waals surface area contributed by atoms with E-state index in [0.717, 1.165) is 18.3 Å². The summed E-state index contributed by atoms with van der Waals surface area (Å²) < 4.78 is 5.06. The van der Waals surface area contributed by atoms with Gasteiger partial charge in [0.05, 0.1) is 12.9 Å². The lowest BCUT2D eigenvalue weighted by molar-refractivity contribution is 0.248. The molecule has 0 amide bonds. The van der Waals surface area contributed by atoms with Crippen LogP contribution >= 0.6 is 11.8 Å². The number of rotatable bonds is 0. The molecule has 1 rings (SSSR count). The molecule has 2 heteroatoms. The number of ether oxygens (including phenoxy) is 1. The highest BCUT2D eigenvalue weighted by molar-refractivity contribution is 8.02. The van der Waals surface area contributed by atoms with Gasteiger partial charge in [-0.1, -0.05) is 6.92 Å². The zero-order chi connectivity index (χ0) is 5.82. The van der Waals surface area contributed by atoms with Gasteiger partial charge in [0.25, 0.3) is 0 Å². The fourth-order valence-electron chi connectivity index (χ4n) is 0.576. The van der Waals surface area contributed by atoms with Crippen LogP contribution in [-0.2, 0) is 4.74 Å². The van der Waals surface area contributed by atoms with E-state index in [9.17, 15) is 0 Å². The van der Waals surface area contributed by atoms with Gasteiger partial charge >= 0.3 is 0 Å². The van der Waals surface area contributed by atoms with E-state index in [4.69, 9.17) is 4.74 Å². The van der Waals surface area contributed by atoms with Crippen LogP contribution in [-0.4, -0.2) is 11.9 Å². The minimum absolute atomic E-state index is 0.730. The molecule has 1 atom stereocenters. The Morgan fingerprint density at radius 3 is 3.50 bits per heavy atom. The van der Waals surface area contributed by atoms with Crippen LogP contribution in [0.2, 0.25) is 0 Å². The van der Waals surface area contributed by atoms with E-state index < -0.39 is 0 Å². The Bertz CT molecular complexity index is 90.5. The molecular formula is C6H10OS. The van der Waals surface area contributed by atoms with Gasteiger partial charge in [-0.25, -0.2) is 0 Å². The molecule has 0 fully saturated rings. The summed E-state index contributed by atoms with van der Waals surface area (Å²) in [6.07, 6.45) is 2.94. The average Bonchev–Trinajstić information content (AvgIpc) is 1.94. The lowest BCUT2D eigenvalue weighted by Crippen LogP contribution is -1.96. The Kier molecular flexibility index (Phi) is 2.27. The molecule has 0 saturated carbocycles. The number of hydrogen-bond donors (Lipinski definition) is 0. The summed E-state index contributed by atoms with van der Waals surface area (Å²) in [7, 11) is 0. The minimum Gasteiger partial charge on any atom is -0.501 e. The zero-order valence-corrected chi connectivity index (χ0v) is 5.78. The Morgan fingerprint density at radius 2 is 2.62 bits per heavy atom. The van der Waals surface area contributed by atoms with Crippen LogP contribution in [0.15, 0.2) is 11.7 Å². The molecule has 0 aromatic heterocycles. The van der Waals surface area contributed by atoms with Gasteiger partial charge in [-0.15, -0.1) is 11.8 Å². The highest BCUT2D eigenvalue weighted by atomic mass is 32.2. The third-order valence-electron chi connectivity index (χ3n) is 1.10. The molecule has 0 aromatic carbocycles. The molecule has 8 heavy (non-hydrogen) atoms. The van der Waals surface area contributed by atoms with Gasteiger partial charge < -0.3 is 4.74 Å². The highest BCUT2D eigenvalue weighted by Gasteiger charge is 2.01. The topological polar surface area (TPSA) is 9.23 Å². The van der Waals surface area contributed by atoms with Crippen LogP contribution < -0.4 is 0 Å². The zero-order valence-electron chi connectivity index (χ0n) is 4.96. The second-order valence-electron chi connectivity index (χ2n) is 1.88. The second kappa shape index (κ2) is 3.02. The van der Waals surface area contributed by atoms with E-state index in [-0.39, 0.29) is 0 Å². The highest BCUT2D eigenvalue weighted by Crippen LogP contribution is 2.17. The SMILES string of the molecule is CC1CCOC=CS1. The Hall–Kier alpha value is -0.110. The lowest BCUT2D eigenvalue weighted by Gasteiger charge is -2.01. The van der Waals surface area contributed by atoms with E-state index >= 15 is 0 Å². The molecule has 0 radical (unpaired) electrons. The van der Waals surface area contributed by atoms with E-state index in [1.54, 1.807) is 6.26 Å². The van der Waals surface area contributed by atoms with E-state index in [0.29, 0.717) is 0 Å². The lowest BCUT2D eigenvalue weighted by atomic mass is 10.3. The van der Waals surface area contributed by atoms with E-state index in [1.165, 1.54) is 0 Å². The predicted octanol–water partition coefficient (Wildman–Crippen LogP) is 2.00. The van der Waals surface area contributed by atoms with Crippen LogP contribution in [0.4, 0.5) is 0 Å². The van der Waals surface area contributed by atoms with Gasteiger partial charge in [-0.3, -0.25) is 0 Å². The molecule has 1 aliphatic rings. The number of hydrogen-bond acceptors (Lipinski definition) is 2. The molecule has 0 aliphatic carbocycles. The molecule has 1 aliphatic heterocycles. The maximum Gasteiger partial charge on any atom is 0.0891 e. The molecular weight excluding hydrogens is 120 g/mol. The minimum atomic E-state index is 0.730. The van der Waals surface area contributed by atoms with Crippen molar-refractivity contribution >= 4 is 11.8 Å². The Morgan fingerprint density at radius 1 is 1.75 bits per heavy atom. The van der Waals surface area contributed by atoms with Crippen LogP contribution in [0, 0.1) is 0 Å². The van der Waals surface area contributed by atoms with E-state index in [1.807, 2.05) is 17.2 Å². The van der Waals surface area contributed by atoms with Crippen LogP contribution in [0.3, 0.4) is 0 Å². The van der Waals surface area contributed by atoms with Crippen LogP contribution in [0.5, 0.6) is 0 Å². The third kappa shape index (κ3) is 1.78. The summed E-state index contributed by atoms with van der Waals surface area (Å²) in [6, 6.07) is 0. The first-order valence-corrected chi connectivity index (χ1v) is 3.76. The molecule has 1 nitrogen and oxygen atoms in total. The van der Waals surface area contributed by atoms with Crippen molar-refractivity contribution < 1.29 is 4.74 Å². The van der Waals surface area contributed by atoms with Crippen molar-refractivity contribution in [3.63, 3.8) is 0 Å². The summed E-state index contributed by atoms with van der Waals surface area (Å²) in [5.41, 5.74) is 0. The standard InChI is InChI=1S/C6H10OS/c1-6-2-3-7-4-5-8-6/h4-6H,2-3H2,1H3. The van der Waals surface area contributed by atoms with E-state index in [2.05, 4.69) is 6.92 Å². The molecule has 0 saturated heterocycles. The van der Waals surface area contributed by atoms with Gasteiger partial charge in [-0.05, 0) is 6.42 Å². The summed E-state index contributed by atoms with van der Waals surface area (Å²) >= 11 is 1.83. The van der Waals surface area contributed by atoms with Gasteiger partial charge in [-0.2, -0.15) is 0 Å². The quantitative estimate of drug-likeness (QED) is 0.496. The summed E-state index contributed by atoms with van der Waals surface area (Å²) in [6.45, 7) is 3.09. The molecule has 0 aromatic rings. The molecule has 0 spiro atoms. The van der Waals surface area contributed by atoms with Crippen molar-refractivity contribution in [2.75, 3.05) is 6.61 Å². The van der Waals surface area contributed by atoms with Crippen molar-refractivity contribution in [1.29, 1.82) is 0 Å². The largest absolute Gasteiger partial charge is 0.501 e. The van der Waals surface area contributed by atoms with Crippen molar-refractivity contribution in [2.24, 2.45) is 0 Å². The number of thioether (sulfide) groups is 1. The van der Waals surface area contributed by atoms with Crippen molar-refractivity contribution in [3.05, 3.63) is 11.7 Å². The molecule has 46 valence electrons. The predicted molar refractivity (Wildman–Crippen MR) is 36.8 cm³/mol. The maximum absolute atomic E-state index is 5.06. The molecule has 1 heterocycles. The average molecular weight is 130 g/mol. The second-order valence-corrected chi connectivity index (χ2v) is 3.23. The Labute approximate surface area is 54.1 Å². The van der Waals surface area contributed by atoms with Crippen LogP contribution in [0.1, 0.15) is 13.3 Å². The maximum atomic E-state index is 5.06. The molecule has 1 unspecified atom stereocenters. The van der Waals surface area contributed by atoms with Crippen molar-refractivity contribution in [1.82, 2.24) is 0 Å². The Balaban J connectivity index is 2.30. The summed E-state index contributed by atoms with van der Waals surface area (Å²) in [5, 5.41) is 2.74. The van der Waals surface area contributed by atoms with Gasteiger partial charge in [0, 0.05) is 10.7 Å². The van der Waals surface area contributed by atoms with Crippen molar-refractivity contribution in [3.8, 4) is 0 Å². The first kappa shape index (κ1) is 6.02. The van der Waals surface area contributed by atoms with Gasteiger partial charge in [0.2, 0.25) is 0 Å². The fourth-order valence-corrected chi connectivity index (χ4v) is 1.22. The third-order valence-corrected chi connectivity index (χ3v) is 2.07. The normalized spacial score (nSPS) is 28.9. The van der Waals surface area contributed by atoms with Gasteiger partial charge in [0.1, 0.15) is 0 Å².